The first-order chi connectivity index (χ1) is 9.28. The van der Waals surface area contributed by atoms with Gasteiger partial charge in [-0.2, -0.15) is 14.0 Å². The van der Waals surface area contributed by atoms with Crippen molar-refractivity contribution in [2.24, 2.45) is 0 Å². The Morgan fingerprint density at radius 2 is 2.11 bits per heavy atom. The minimum atomic E-state index is 0.255. The Labute approximate surface area is 117 Å². The van der Waals surface area contributed by atoms with Crippen LogP contribution in [0.4, 0.5) is 11.5 Å². The summed E-state index contributed by atoms with van der Waals surface area (Å²) in [4.78, 5) is 8.01. The molecule has 0 saturated heterocycles. The summed E-state index contributed by atoms with van der Waals surface area (Å²) in [7, 11) is 0. The smallest absolute Gasteiger partial charge is 0.158 e. The van der Waals surface area contributed by atoms with Crippen LogP contribution in [0.25, 0.3) is 11.0 Å². The number of rotatable bonds is 2. The third kappa shape index (κ3) is 2.19. The lowest BCUT2D eigenvalue weighted by atomic mass is 10.2. The molecule has 19 heavy (non-hydrogen) atoms. The number of fused-ring (bicyclic) bond motifs is 1. The number of hydrogen-bond donors (Lipinski definition) is 1. The second kappa shape index (κ2) is 4.76. The van der Waals surface area contributed by atoms with Crippen LogP contribution < -0.4 is 5.32 Å². The maximum absolute atomic E-state index is 8.66. The first-order valence-corrected chi connectivity index (χ1v) is 6.28. The van der Waals surface area contributed by atoms with Crippen LogP contribution in [0, 0.1) is 11.3 Å². The molecule has 0 amide bonds. The van der Waals surface area contributed by atoms with Crippen LogP contribution in [0.5, 0.6) is 0 Å². The van der Waals surface area contributed by atoms with Gasteiger partial charge < -0.3 is 5.32 Å². The average molecular weight is 289 g/mol. The van der Waals surface area contributed by atoms with Crippen molar-refractivity contribution < 1.29 is 0 Å². The standard InChI is InChI=1S/C11H5ClN6S/c12-7-1-2-8-11(18-19-17-8)10(7)16-9-5-14-6(3-13)4-15-9/h1-2,4-5H,(H,15,16). The summed E-state index contributed by atoms with van der Waals surface area (Å²) in [6.45, 7) is 0. The van der Waals surface area contributed by atoms with Gasteiger partial charge in [0.1, 0.15) is 22.9 Å². The van der Waals surface area contributed by atoms with Crippen molar-refractivity contribution in [3.63, 3.8) is 0 Å². The lowest BCUT2D eigenvalue weighted by molar-refractivity contribution is 1.16. The Morgan fingerprint density at radius 3 is 2.84 bits per heavy atom. The lowest BCUT2D eigenvalue weighted by Gasteiger charge is -2.07. The maximum Gasteiger partial charge on any atom is 0.158 e. The predicted molar refractivity (Wildman–Crippen MR) is 72.5 cm³/mol. The van der Waals surface area contributed by atoms with Gasteiger partial charge in [-0.1, -0.05) is 11.6 Å². The molecule has 0 saturated carbocycles. The van der Waals surface area contributed by atoms with Crippen molar-refractivity contribution in [2.75, 3.05) is 5.32 Å². The maximum atomic E-state index is 8.66. The molecule has 3 aromatic rings. The fraction of sp³-hybridized carbons (Fsp3) is 0. The van der Waals surface area contributed by atoms with Gasteiger partial charge in [-0.05, 0) is 12.1 Å². The van der Waals surface area contributed by atoms with Crippen LogP contribution >= 0.6 is 23.3 Å². The number of benzene rings is 1. The van der Waals surface area contributed by atoms with E-state index >= 15 is 0 Å². The summed E-state index contributed by atoms with van der Waals surface area (Å²) in [6, 6.07) is 5.45. The molecular formula is C11H5ClN6S. The molecule has 1 aromatic carbocycles. The minimum absolute atomic E-state index is 0.255. The summed E-state index contributed by atoms with van der Waals surface area (Å²) in [5.41, 5.74) is 2.33. The Balaban J connectivity index is 2.02. The zero-order valence-electron chi connectivity index (χ0n) is 9.33. The first kappa shape index (κ1) is 11.8. The number of nitrogens with one attached hydrogen (secondary N) is 1. The molecule has 3 rings (SSSR count). The van der Waals surface area contributed by atoms with Crippen LogP contribution in [0.3, 0.4) is 0 Å². The molecule has 0 aliphatic rings. The number of aromatic nitrogens is 4. The van der Waals surface area contributed by atoms with Gasteiger partial charge >= 0.3 is 0 Å². The Kier molecular flexibility index (Phi) is 2.95. The molecule has 92 valence electrons. The predicted octanol–water partition coefficient (Wildman–Crippen LogP) is 2.75. The molecule has 8 heteroatoms. The number of nitriles is 1. The Hall–Kier alpha value is -2.30. The summed E-state index contributed by atoms with van der Waals surface area (Å²) in [6.07, 6.45) is 2.85. The van der Waals surface area contributed by atoms with E-state index in [-0.39, 0.29) is 5.69 Å². The number of anilines is 2. The van der Waals surface area contributed by atoms with Crippen molar-refractivity contribution in [3.05, 3.63) is 35.2 Å². The molecule has 0 spiro atoms. The number of hydrogen-bond acceptors (Lipinski definition) is 7. The molecule has 0 bridgehead atoms. The van der Waals surface area contributed by atoms with Crippen LogP contribution in [0.2, 0.25) is 5.02 Å². The highest BCUT2D eigenvalue weighted by molar-refractivity contribution is 7.00. The van der Waals surface area contributed by atoms with Gasteiger partial charge in [0.25, 0.3) is 0 Å². The van der Waals surface area contributed by atoms with Gasteiger partial charge in [0.2, 0.25) is 0 Å². The fourth-order valence-electron chi connectivity index (χ4n) is 1.52. The van der Waals surface area contributed by atoms with Crippen molar-refractivity contribution in [3.8, 4) is 6.07 Å². The zero-order chi connectivity index (χ0) is 13.2. The van der Waals surface area contributed by atoms with Gasteiger partial charge in [-0.15, -0.1) is 0 Å². The van der Waals surface area contributed by atoms with E-state index in [9.17, 15) is 0 Å². The van der Waals surface area contributed by atoms with Gasteiger partial charge in [-0.3, -0.25) is 0 Å². The van der Waals surface area contributed by atoms with Gasteiger partial charge in [0.05, 0.1) is 34.8 Å². The number of halogens is 1. The molecule has 1 N–H and O–H groups in total. The molecular weight excluding hydrogens is 284 g/mol. The quantitative estimate of drug-likeness (QED) is 0.780. The molecule has 0 radical (unpaired) electrons. The van der Waals surface area contributed by atoms with E-state index in [1.165, 1.54) is 12.4 Å². The molecule has 0 atom stereocenters. The van der Waals surface area contributed by atoms with Gasteiger partial charge in [0.15, 0.2) is 5.69 Å². The van der Waals surface area contributed by atoms with Crippen molar-refractivity contribution in [1.82, 2.24) is 18.7 Å². The normalized spacial score (nSPS) is 10.3. The Morgan fingerprint density at radius 1 is 1.21 bits per heavy atom. The van der Waals surface area contributed by atoms with Crippen LogP contribution in [0.15, 0.2) is 24.5 Å². The highest BCUT2D eigenvalue weighted by atomic mass is 35.5. The highest BCUT2D eigenvalue weighted by Gasteiger charge is 2.10. The van der Waals surface area contributed by atoms with Crippen LogP contribution in [-0.2, 0) is 0 Å². The van der Waals surface area contributed by atoms with E-state index < -0.39 is 0 Å². The molecule has 0 fully saturated rings. The summed E-state index contributed by atoms with van der Waals surface area (Å²) in [5, 5.41) is 12.2. The minimum Gasteiger partial charge on any atom is -0.336 e. The molecule has 2 aromatic heterocycles. The van der Waals surface area contributed by atoms with Crippen LogP contribution in [0.1, 0.15) is 5.69 Å². The molecule has 0 aliphatic carbocycles. The molecule has 0 unspecified atom stereocenters. The van der Waals surface area contributed by atoms with Gasteiger partial charge in [-0.25, -0.2) is 9.97 Å². The van der Waals surface area contributed by atoms with E-state index in [0.29, 0.717) is 22.0 Å². The van der Waals surface area contributed by atoms with Crippen molar-refractivity contribution >= 4 is 45.9 Å². The summed E-state index contributed by atoms with van der Waals surface area (Å²) in [5.74, 6) is 0.487. The van der Waals surface area contributed by atoms with E-state index in [1.54, 1.807) is 12.1 Å². The van der Waals surface area contributed by atoms with Gasteiger partial charge in [0, 0.05) is 0 Å². The highest BCUT2D eigenvalue weighted by Crippen LogP contribution is 2.31. The third-order valence-corrected chi connectivity index (χ3v) is 3.25. The second-order valence-electron chi connectivity index (χ2n) is 3.58. The second-order valence-corrected chi connectivity index (χ2v) is 4.51. The monoisotopic (exact) mass is 288 g/mol. The molecule has 0 aliphatic heterocycles. The Bertz CT molecular complexity index is 776. The van der Waals surface area contributed by atoms with E-state index in [0.717, 1.165) is 17.2 Å². The van der Waals surface area contributed by atoms with E-state index in [4.69, 9.17) is 16.9 Å². The summed E-state index contributed by atoms with van der Waals surface area (Å²) < 4.78 is 8.33. The largest absolute Gasteiger partial charge is 0.336 e. The van der Waals surface area contributed by atoms with Crippen molar-refractivity contribution in [1.29, 1.82) is 5.26 Å². The zero-order valence-corrected chi connectivity index (χ0v) is 10.9. The average Bonchev–Trinajstić information content (AvgIpc) is 2.91. The number of nitrogens with zero attached hydrogens (tertiary/aromatic N) is 5. The first-order valence-electron chi connectivity index (χ1n) is 5.18. The SMILES string of the molecule is N#Cc1cnc(Nc2c(Cl)ccc3nsnc23)cn1. The molecule has 2 heterocycles. The summed E-state index contributed by atoms with van der Waals surface area (Å²) >= 11 is 7.26. The van der Waals surface area contributed by atoms with E-state index in [2.05, 4.69) is 24.0 Å². The van der Waals surface area contributed by atoms with Crippen molar-refractivity contribution in [2.45, 2.75) is 0 Å². The third-order valence-electron chi connectivity index (χ3n) is 2.40. The van der Waals surface area contributed by atoms with E-state index in [1.807, 2.05) is 6.07 Å². The fourth-order valence-corrected chi connectivity index (χ4v) is 2.27. The van der Waals surface area contributed by atoms with Crippen LogP contribution in [-0.4, -0.2) is 18.7 Å². The molecule has 6 nitrogen and oxygen atoms in total. The lowest BCUT2D eigenvalue weighted by Crippen LogP contribution is -1.97. The topological polar surface area (TPSA) is 87.4 Å².